The van der Waals surface area contributed by atoms with E-state index in [9.17, 15) is 4.79 Å². The Morgan fingerprint density at radius 1 is 1.38 bits per heavy atom. The van der Waals surface area contributed by atoms with E-state index in [1.165, 1.54) is 0 Å². The minimum Gasteiger partial charge on any atom is -0.497 e. The van der Waals surface area contributed by atoms with Crippen LogP contribution in [0.25, 0.3) is 0 Å². The van der Waals surface area contributed by atoms with Gasteiger partial charge in [-0.3, -0.25) is 4.79 Å². The smallest absolute Gasteiger partial charge is 0.229 e. The van der Waals surface area contributed by atoms with E-state index in [1.54, 1.807) is 21.1 Å². The molecule has 1 heterocycles. The summed E-state index contributed by atoms with van der Waals surface area (Å²) in [6.45, 7) is 3.69. The Labute approximate surface area is 146 Å². The van der Waals surface area contributed by atoms with Gasteiger partial charge in [-0.25, -0.2) is 0 Å². The van der Waals surface area contributed by atoms with Crippen LogP contribution in [-0.2, 0) is 11.2 Å². The average Bonchev–Trinajstić information content (AvgIpc) is 2.90. The number of benzene rings is 1. The number of halogens is 1. The van der Waals surface area contributed by atoms with Crippen LogP contribution in [0.15, 0.2) is 22.7 Å². The maximum absolute atomic E-state index is 12.2. The van der Waals surface area contributed by atoms with Crippen LogP contribution in [0.1, 0.15) is 36.2 Å². The molecule has 6 nitrogen and oxygen atoms in total. The summed E-state index contributed by atoms with van der Waals surface area (Å²) < 4.78 is 15.5. The van der Waals surface area contributed by atoms with Crippen molar-refractivity contribution in [1.82, 2.24) is 10.5 Å². The largest absolute Gasteiger partial charge is 0.497 e. The fourth-order valence-corrected chi connectivity index (χ4v) is 2.71. The zero-order chi connectivity index (χ0) is 17.7. The first-order valence-electron chi connectivity index (χ1n) is 7.58. The van der Waals surface area contributed by atoms with E-state index >= 15 is 0 Å². The number of aromatic nitrogens is 1. The van der Waals surface area contributed by atoms with E-state index in [-0.39, 0.29) is 17.2 Å². The zero-order valence-corrected chi connectivity index (χ0v) is 14.9. The highest BCUT2D eigenvalue weighted by atomic mass is 35.5. The average molecular weight is 353 g/mol. The zero-order valence-electron chi connectivity index (χ0n) is 14.2. The molecule has 0 aliphatic carbocycles. The van der Waals surface area contributed by atoms with Gasteiger partial charge in [0.25, 0.3) is 0 Å². The third-order valence-electron chi connectivity index (χ3n) is 3.82. The normalized spacial score (nSPS) is 11.9. The maximum atomic E-state index is 12.2. The summed E-state index contributed by atoms with van der Waals surface area (Å²) in [5, 5.41) is 6.97. The second-order valence-corrected chi connectivity index (χ2v) is 5.76. The van der Waals surface area contributed by atoms with Crippen LogP contribution in [0.3, 0.4) is 0 Å². The lowest BCUT2D eigenvalue weighted by atomic mass is 10.1. The number of rotatable bonds is 7. The van der Waals surface area contributed by atoms with Gasteiger partial charge in [-0.05, 0) is 50.1 Å². The molecule has 0 saturated carbocycles. The van der Waals surface area contributed by atoms with Gasteiger partial charge in [0.15, 0.2) is 0 Å². The summed E-state index contributed by atoms with van der Waals surface area (Å²) in [6, 6.07) is 5.26. The molecule has 24 heavy (non-hydrogen) atoms. The molecular formula is C17H21ClN2O4. The van der Waals surface area contributed by atoms with Crippen LogP contribution in [-0.4, -0.2) is 25.3 Å². The number of hydrogen-bond acceptors (Lipinski definition) is 5. The van der Waals surface area contributed by atoms with Gasteiger partial charge in [0.05, 0.1) is 26.0 Å². The molecule has 0 spiro atoms. The highest BCUT2D eigenvalue weighted by Gasteiger charge is 2.17. The maximum Gasteiger partial charge on any atom is 0.229 e. The Bertz CT molecular complexity index is 695. The molecule has 0 aliphatic heterocycles. The van der Waals surface area contributed by atoms with Crippen molar-refractivity contribution in [3.05, 3.63) is 40.2 Å². The quantitative estimate of drug-likeness (QED) is 0.826. The monoisotopic (exact) mass is 352 g/mol. The number of ether oxygens (including phenoxy) is 2. The predicted molar refractivity (Wildman–Crippen MR) is 90.7 cm³/mol. The van der Waals surface area contributed by atoms with Crippen molar-refractivity contribution in [3.8, 4) is 11.5 Å². The summed E-state index contributed by atoms with van der Waals surface area (Å²) in [6.07, 6.45) is 0.764. The first-order chi connectivity index (χ1) is 11.5. The van der Waals surface area contributed by atoms with Gasteiger partial charge in [-0.2, -0.15) is 0 Å². The van der Waals surface area contributed by atoms with Crippen LogP contribution >= 0.6 is 11.6 Å². The molecule has 1 unspecified atom stereocenters. The van der Waals surface area contributed by atoms with Gasteiger partial charge in [0, 0.05) is 17.5 Å². The summed E-state index contributed by atoms with van der Waals surface area (Å²) >= 11 is 5.91. The third kappa shape index (κ3) is 4.20. The van der Waals surface area contributed by atoms with E-state index in [4.69, 9.17) is 25.6 Å². The van der Waals surface area contributed by atoms with Gasteiger partial charge >= 0.3 is 0 Å². The molecule has 0 saturated heterocycles. The molecule has 0 bridgehead atoms. The molecule has 1 aromatic heterocycles. The molecule has 1 aromatic carbocycles. The second kappa shape index (κ2) is 8.06. The van der Waals surface area contributed by atoms with E-state index in [2.05, 4.69) is 10.5 Å². The number of nitrogens with zero attached hydrogens (tertiary/aromatic N) is 1. The van der Waals surface area contributed by atoms with E-state index in [1.807, 2.05) is 25.1 Å². The van der Waals surface area contributed by atoms with Crippen molar-refractivity contribution in [2.45, 2.75) is 32.7 Å². The molecular weight excluding hydrogens is 332 g/mol. The van der Waals surface area contributed by atoms with Crippen molar-refractivity contribution in [2.24, 2.45) is 0 Å². The Kier molecular flexibility index (Phi) is 6.09. The summed E-state index contributed by atoms with van der Waals surface area (Å²) in [7, 11) is 3.19. The van der Waals surface area contributed by atoms with E-state index in [0.29, 0.717) is 30.0 Å². The van der Waals surface area contributed by atoms with Gasteiger partial charge in [0.1, 0.15) is 11.5 Å². The van der Waals surface area contributed by atoms with Gasteiger partial charge in [-0.15, -0.1) is 0 Å². The summed E-state index contributed by atoms with van der Waals surface area (Å²) in [5.74, 6) is 1.31. The van der Waals surface area contributed by atoms with Gasteiger partial charge < -0.3 is 19.3 Å². The van der Waals surface area contributed by atoms with Crippen LogP contribution in [0, 0.1) is 6.92 Å². The number of hydrogen-bond donors (Lipinski definition) is 1. The first kappa shape index (κ1) is 18.1. The lowest BCUT2D eigenvalue weighted by molar-refractivity contribution is -0.121. The fourth-order valence-electron chi connectivity index (χ4n) is 2.45. The van der Waals surface area contributed by atoms with E-state index in [0.717, 1.165) is 11.1 Å². The Hall–Kier alpha value is -2.21. The predicted octanol–water partition coefficient (Wildman–Crippen LogP) is 3.46. The molecule has 0 radical (unpaired) electrons. The number of amides is 1. The number of carbonyl (C=O) groups excluding carboxylic acids is 1. The summed E-state index contributed by atoms with van der Waals surface area (Å²) in [4.78, 5) is 12.2. The minimum atomic E-state index is -0.221. The number of carbonyl (C=O) groups is 1. The molecule has 0 aliphatic rings. The third-order valence-corrected chi connectivity index (χ3v) is 4.12. The van der Waals surface area contributed by atoms with Crippen molar-refractivity contribution >= 4 is 17.5 Å². The topological polar surface area (TPSA) is 73.6 Å². The molecule has 1 amide bonds. The van der Waals surface area contributed by atoms with Crippen molar-refractivity contribution < 1.29 is 18.8 Å². The highest BCUT2D eigenvalue weighted by molar-refractivity contribution is 6.29. The second-order valence-electron chi connectivity index (χ2n) is 5.42. The van der Waals surface area contributed by atoms with Crippen LogP contribution < -0.4 is 14.8 Å². The Morgan fingerprint density at radius 3 is 2.71 bits per heavy atom. The molecule has 1 N–H and O–H groups in total. The minimum absolute atomic E-state index is 0.0935. The van der Waals surface area contributed by atoms with Gasteiger partial charge in [0.2, 0.25) is 11.1 Å². The SMILES string of the molecule is COc1ccc(OC)c(C(C)NC(=O)CCc2c(C)noc2Cl)c1. The standard InChI is InChI=1S/C17H21ClN2O4/c1-10(14-9-12(22-3)5-7-15(14)23-4)19-16(21)8-6-13-11(2)20-24-17(13)18/h5,7,9-10H,6,8H2,1-4H3,(H,19,21). The van der Waals surface area contributed by atoms with Crippen molar-refractivity contribution in [1.29, 1.82) is 0 Å². The molecule has 130 valence electrons. The van der Waals surface area contributed by atoms with Crippen LogP contribution in [0.2, 0.25) is 5.22 Å². The number of aryl methyl sites for hydroxylation is 1. The first-order valence-corrected chi connectivity index (χ1v) is 7.96. The highest BCUT2D eigenvalue weighted by Crippen LogP contribution is 2.29. The lowest BCUT2D eigenvalue weighted by Gasteiger charge is -2.18. The van der Waals surface area contributed by atoms with Crippen molar-refractivity contribution in [3.63, 3.8) is 0 Å². The number of methoxy groups -OCH3 is 2. The van der Waals surface area contributed by atoms with Gasteiger partial charge in [-0.1, -0.05) is 5.16 Å². The Balaban J connectivity index is 2.01. The number of nitrogens with one attached hydrogen (secondary N) is 1. The van der Waals surface area contributed by atoms with Crippen LogP contribution in [0.4, 0.5) is 0 Å². The lowest BCUT2D eigenvalue weighted by Crippen LogP contribution is -2.27. The van der Waals surface area contributed by atoms with Crippen molar-refractivity contribution in [2.75, 3.05) is 14.2 Å². The van der Waals surface area contributed by atoms with Crippen LogP contribution in [0.5, 0.6) is 11.5 Å². The molecule has 2 rings (SSSR count). The fraction of sp³-hybridized carbons (Fsp3) is 0.412. The molecule has 0 fully saturated rings. The molecule has 2 aromatic rings. The summed E-state index contributed by atoms with van der Waals surface area (Å²) in [5.41, 5.74) is 2.32. The molecule has 1 atom stereocenters. The molecule has 7 heteroatoms. The Morgan fingerprint density at radius 2 is 2.12 bits per heavy atom. The van der Waals surface area contributed by atoms with E-state index < -0.39 is 0 Å².